The van der Waals surface area contributed by atoms with Crippen LogP contribution in [0.4, 0.5) is 16.3 Å². The zero-order valence-electron chi connectivity index (χ0n) is 16.2. The first kappa shape index (κ1) is 19.9. The normalized spacial score (nSPS) is 12.3. The van der Waals surface area contributed by atoms with Gasteiger partial charge in [-0.15, -0.1) is 0 Å². The quantitative estimate of drug-likeness (QED) is 0.579. The van der Waals surface area contributed by atoms with Crippen molar-refractivity contribution in [1.82, 2.24) is 15.1 Å². The molecule has 0 bridgehead atoms. The number of carbonyl (C=O) groups excluding carboxylic acids is 2. The van der Waals surface area contributed by atoms with Crippen LogP contribution in [0.5, 0.6) is 0 Å². The second kappa shape index (κ2) is 8.56. The SMILES string of the molecule is Cn1nc(NC(=O)c2cc(Cl)cc(NC(=O)OCc3ccccc3)c2)c2c1CNC2. The number of ether oxygens (including phenoxy) is 1. The van der Waals surface area contributed by atoms with E-state index in [4.69, 9.17) is 16.3 Å². The number of amides is 2. The Kier molecular flexibility index (Phi) is 5.69. The van der Waals surface area contributed by atoms with Crippen molar-refractivity contribution in [3.8, 4) is 0 Å². The van der Waals surface area contributed by atoms with Crippen molar-refractivity contribution in [2.24, 2.45) is 7.05 Å². The zero-order valence-corrected chi connectivity index (χ0v) is 17.0. The number of carbonyl (C=O) groups is 2. The fourth-order valence-electron chi connectivity index (χ4n) is 3.27. The van der Waals surface area contributed by atoms with E-state index in [0.717, 1.165) is 16.8 Å². The standard InChI is InChI=1S/C21H20ClN5O3/c1-27-18-11-23-10-17(18)19(26-27)25-20(28)14-7-15(22)9-16(8-14)24-21(29)30-12-13-5-3-2-4-6-13/h2-9,23H,10-12H2,1H3,(H,24,29)(H,25,26,28). The first-order chi connectivity index (χ1) is 14.5. The molecule has 1 aliphatic rings. The molecule has 0 unspecified atom stereocenters. The van der Waals surface area contributed by atoms with Crippen LogP contribution >= 0.6 is 11.6 Å². The van der Waals surface area contributed by atoms with Gasteiger partial charge in [0, 0.05) is 42.0 Å². The maximum atomic E-state index is 12.7. The highest BCUT2D eigenvalue weighted by Crippen LogP contribution is 2.25. The van der Waals surface area contributed by atoms with Crippen molar-refractivity contribution in [3.05, 3.63) is 75.9 Å². The highest BCUT2D eigenvalue weighted by Gasteiger charge is 2.22. The molecule has 2 aromatic carbocycles. The van der Waals surface area contributed by atoms with Gasteiger partial charge >= 0.3 is 6.09 Å². The largest absolute Gasteiger partial charge is 0.444 e. The van der Waals surface area contributed by atoms with E-state index in [1.807, 2.05) is 37.4 Å². The van der Waals surface area contributed by atoms with Crippen LogP contribution in [0.25, 0.3) is 0 Å². The van der Waals surface area contributed by atoms with E-state index in [1.54, 1.807) is 10.7 Å². The molecule has 4 rings (SSSR count). The molecule has 154 valence electrons. The molecule has 3 N–H and O–H groups in total. The number of aromatic nitrogens is 2. The van der Waals surface area contributed by atoms with Crippen molar-refractivity contribution < 1.29 is 14.3 Å². The molecule has 0 saturated heterocycles. The van der Waals surface area contributed by atoms with E-state index in [1.165, 1.54) is 12.1 Å². The Morgan fingerprint density at radius 1 is 1.17 bits per heavy atom. The third-order valence-corrected chi connectivity index (χ3v) is 4.94. The van der Waals surface area contributed by atoms with Crippen LogP contribution in [-0.2, 0) is 31.5 Å². The summed E-state index contributed by atoms with van der Waals surface area (Å²) in [5, 5.41) is 13.3. The second-order valence-corrected chi connectivity index (χ2v) is 7.31. The number of nitrogens with one attached hydrogen (secondary N) is 3. The summed E-state index contributed by atoms with van der Waals surface area (Å²) in [6.07, 6.45) is -0.638. The lowest BCUT2D eigenvalue weighted by atomic mass is 10.2. The Morgan fingerprint density at radius 2 is 1.97 bits per heavy atom. The molecule has 0 radical (unpaired) electrons. The summed E-state index contributed by atoms with van der Waals surface area (Å²) in [4.78, 5) is 24.8. The Balaban J connectivity index is 1.43. The lowest BCUT2D eigenvalue weighted by molar-refractivity contribution is 0.102. The van der Waals surface area contributed by atoms with Crippen molar-refractivity contribution in [2.45, 2.75) is 19.7 Å². The van der Waals surface area contributed by atoms with E-state index < -0.39 is 6.09 Å². The van der Waals surface area contributed by atoms with Crippen LogP contribution in [0.1, 0.15) is 27.2 Å². The van der Waals surface area contributed by atoms with E-state index in [9.17, 15) is 9.59 Å². The molecule has 0 aliphatic carbocycles. The first-order valence-electron chi connectivity index (χ1n) is 9.34. The van der Waals surface area contributed by atoms with Crippen LogP contribution in [0, 0.1) is 0 Å². The van der Waals surface area contributed by atoms with E-state index in [2.05, 4.69) is 21.0 Å². The summed E-state index contributed by atoms with van der Waals surface area (Å²) in [7, 11) is 1.84. The van der Waals surface area contributed by atoms with E-state index in [-0.39, 0.29) is 12.5 Å². The Labute approximate surface area is 178 Å². The molecule has 0 fully saturated rings. The van der Waals surface area contributed by atoms with Gasteiger partial charge < -0.3 is 15.4 Å². The minimum absolute atomic E-state index is 0.138. The number of nitrogens with zero attached hydrogens (tertiary/aromatic N) is 2. The molecular weight excluding hydrogens is 406 g/mol. The summed E-state index contributed by atoms with van der Waals surface area (Å²) in [5.41, 5.74) is 3.54. The molecule has 9 heteroatoms. The third kappa shape index (κ3) is 4.45. The molecule has 0 atom stereocenters. The Morgan fingerprint density at radius 3 is 2.77 bits per heavy atom. The topological polar surface area (TPSA) is 97.3 Å². The molecule has 0 spiro atoms. The summed E-state index contributed by atoms with van der Waals surface area (Å²) in [5.74, 6) is 0.144. The first-order valence-corrected chi connectivity index (χ1v) is 9.72. The van der Waals surface area contributed by atoms with Gasteiger partial charge in [-0.2, -0.15) is 5.10 Å². The minimum atomic E-state index is -0.638. The van der Waals surface area contributed by atoms with Gasteiger partial charge in [0.15, 0.2) is 5.82 Å². The fraction of sp³-hybridized carbons (Fsp3) is 0.190. The van der Waals surface area contributed by atoms with E-state index in [0.29, 0.717) is 35.2 Å². The summed E-state index contributed by atoms with van der Waals surface area (Å²) in [6, 6.07) is 13.9. The third-order valence-electron chi connectivity index (χ3n) is 4.72. The van der Waals surface area contributed by atoms with Gasteiger partial charge in [-0.3, -0.25) is 14.8 Å². The number of aryl methyl sites for hydroxylation is 1. The van der Waals surface area contributed by atoms with Gasteiger partial charge in [-0.05, 0) is 23.8 Å². The summed E-state index contributed by atoms with van der Waals surface area (Å²) >= 11 is 6.15. The van der Waals surface area contributed by atoms with Crippen LogP contribution in [-0.4, -0.2) is 21.8 Å². The van der Waals surface area contributed by atoms with Crippen LogP contribution in [0.2, 0.25) is 5.02 Å². The van der Waals surface area contributed by atoms with Crippen molar-refractivity contribution in [1.29, 1.82) is 0 Å². The number of rotatable bonds is 5. The van der Waals surface area contributed by atoms with Crippen molar-refractivity contribution in [2.75, 3.05) is 10.6 Å². The molecular formula is C21H20ClN5O3. The number of benzene rings is 2. The predicted octanol–water partition coefficient (Wildman–Crippen LogP) is 3.68. The number of halogens is 1. The lowest BCUT2D eigenvalue weighted by Gasteiger charge is -2.10. The number of anilines is 2. The maximum absolute atomic E-state index is 12.7. The molecule has 30 heavy (non-hydrogen) atoms. The highest BCUT2D eigenvalue weighted by atomic mass is 35.5. The average Bonchev–Trinajstić information content (AvgIpc) is 3.32. The van der Waals surface area contributed by atoms with Gasteiger partial charge in [-0.25, -0.2) is 4.79 Å². The van der Waals surface area contributed by atoms with Crippen LogP contribution < -0.4 is 16.0 Å². The molecule has 2 heterocycles. The van der Waals surface area contributed by atoms with Crippen molar-refractivity contribution >= 4 is 35.1 Å². The molecule has 1 aromatic heterocycles. The molecule has 1 aliphatic heterocycles. The number of hydrogen-bond acceptors (Lipinski definition) is 5. The molecule has 2 amide bonds. The number of hydrogen-bond donors (Lipinski definition) is 3. The monoisotopic (exact) mass is 425 g/mol. The van der Waals surface area contributed by atoms with Gasteiger partial charge in [-0.1, -0.05) is 41.9 Å². The highest BCUT2D eigenvalue weighted by molar-refractivity contribution is 6.31. The Bertz CT molecular complexity index is 1100. The minimum Gasteiger partial charge on any atom is -0.444 e. The van der Waals surface area contributed by atoms with Gasteiger partial charge in [0.2, 0.25) is 0 Å². The average molecular weight is 426 g/mol. The predicted molar refractivity (Wildman–Crippen MR) is 113 cm³/mol. The second-order valence-electron chi connectivity index (χ2n) is 6.87. The molecule has 8 nitrogen and oxygen atoms in total. The fourth-order valence-corrected chi connectivity index (χ4v) is 3.50. The summed E-state index contributed by atoms with van der Waals surface area (Å²) < 4.78 is 6.96. The zero-order chi connectivity index (χ0) is 21.1. The molecule has 0 saturated carbocycles. The van der Waals surface area contributed by atoms with Gasteiger partial charge in [0.05, 0.1) is 5.69 Å². The lowest BCUT2D eigenvalue weighted by Crippen LogP contribution is -2.17. The summed E-state index contributed by atoms with van der Waals surface area (Å²) in [6.45, 7) is 1.50. The van der Waals surface area contributed by atoms with Crippen LogP contribution in [0.15, 0.2) is 48.5 Å². The Hall–Kier alpha value is -3.36. The smallest absolute Gasteiger partial charge is 0.411 e. The molecule has 3 aromatic rings. The van der Waals surface area contributed by atoms with E-state index >= 15 is 0 Å². The van der Waals surface area contributed by atoms with Gasteiger partial charge in [0.25, 0.3) is 5.91 Å². The van der Waals surface area contributed by atoms with Gasteiger partial charge in [0.1, 0.15) is 6.61 Å². The van der Waals surface area contributed by atoms with Crippen LogP contribution in [0.3, 0.4) is 0 Å². The number of fused-ring (bicyclic) bond motifs is 1. The van der Waals surface area contributed by atoms with Crippen molar-refractivity contribution in [3.63, 3.8) is 0 Å². The maximum Gasteiger partial charge on any atom is 0.411 e.